The molecule has 0 aliphatic heterocycles. The molecule has 0 spiro atoms. The monoisotopic (exact) mass is 176 g/mol. The Morgan fingerprint density at radius 1 is 0.750 bits per heavy atom. The summed E-state index contributed by atoms with van der Waals surface area (Å²) in [4.78, 5) is 0. The summed E-state index contributed by atoms with van der Waals surface area (Å²) >= 11 is 0. The van der Waals surface area contributed by atoms with Crippen molar-refractivity contribution >= 4 is 0 Å². The highest BCUT2D eigenvalue weighted by molar-refractivity contribution is 4.60. The highest BCUT2D eigenvalue weighted by Crippen LogP contribution is 2.08. The Morgan fingerprint density at radius 2 is 1.08 bits per heavy atom. The topological polar surface area (TPSA) is 60.7 Å². The summed E-state index contributed by atoms with van der Waals surface area (Å²) in [5.74, 6) is 0. The zero-order valence-electron chi connectivity index (χ0n) is 7.90. The predicted molar refractivity (Wildman–Crippen MR) is 47.8 cm³/mol. The molecule has 0 aromatic rings. The van der Waals surface area contributed by atoms with Crippen molar-refractivity contribution in [2.45, 2.75) is 57.8 Å². The van der Waals surface area contributed by atoms with E-state index in [1.165, 1.54) is 0 Å². The first-order valence-electron chi connectivity index (χ1n) is 4.56. The van der Waals surface area contributed by atoms with E-state index in [0.29, 0.717) is 25.7 Å². The lowest BCUT2D eigenvalue weighted by Crippen LogP contribution is -2.13. The van der Waals surface area contributed by atoms with Crippen LogP contribution in [0.1, 0.15) is 39.5 Å². The van der Waals surface area contributed by atoms with E-state index in [2.05, 4.69) is 0 Å². The average Bonchev–Trinajstić information content (AvgIpc) is 1.96. The number of aliphatic hydroxyl groups excluding tert-OH is 3. The molecule has 0 aliphatic rings. The summed E-state index contributed by atoms with van der Waals surface area (Å²) in [6, 6.07) is 0. The molecule has 3 atom stereocenters. The van der Waals surface area contributed by atoms with Crippen molar-refractivity contribution in [3.8, 4) is 0 Å². The molecule has 0 amide bonds. The number of hydrogen-bond donors (Lipinski definition) is 3. The third-order valence-corrected chi connectivity index (χ3v) is 1.84. The minimum Gasteiger partial charge on any atom is -0.393 e. The van der Waals surface area contributed by atoms with Gasteiger partial charge in [0.15, 0.2) is 0 Å². The Balaban J connectivity index is 3.27. The van der Waals surface area contributed by atoms with Crippen LogP contribution in [0.4, 0.5) is 0 Å². The average molecular weight is 176 g/mol. The van der Waals surface area contributed by atoms with Crippen LogP contribution in [0.25, 0.3) is 0 Å². The van der Waals surface area contributed by atoms with Gasteiger partial charge in [0.2, 0.25) is 0 Å². The summed E-state index contributed by atoms with van der Waals surface area (Å²) in [6.07, 6.45) is 1.42. The van der Waals surface area contributed by atoms with E-state index < -0.39 is 0 Å². The first-order valence-corrected chi connectivity index (χ1v) is 4.56. The first kappa shape index (κ1) is 11.9. The lowest BCUT2D eigenvalue weighted by molar-refractivity contribution is 0.0971. The van der Waals surface area contributed by atoms with Gasteiger partial charge in [0.05, 0.1) is 18.3 Å². The van der Waals surface area contributed by atoms with Crippen LogP contribution in [0.15, 0.2) is 0 Å². The van der Waals surface area contributed by atoms with Crippen molar-refractivity contribution in [1.82, 2.24) is 0 Å². The molecule has 3 nitrogen and oxygen atoms in total. The van der Waals surface area contributed by atoms with Gasteiger partial charge in [0, 0.05) is 0 Å². The zero-order chi connectivity index (χ0) is 9.56. The van der Waals surface area contributed by atoms with Crippen LogP contribution in [0.2, 0.25) is 0 Å². The van der Waals surface area contributed by atoms with Crippen LogP contribution in [0, 0.1) is 0 Å². The normalized spacial score (nSPS) is 18.8. The van der Waals surface area contributed by atoms with Crippen LogP contribution < -0.4 is 0 Å². The lowest BCUT2D eigenvalue weighted by atomic mass is 10.1. The molecule has 0 saturated carbocycles. The molecule has 0 bridgehead atoms. The fourth-order valence-electron chi connectivity index (χ4n) is 1.01. The molecule has 12 heavy (non-hydrogen) atoms. The number of aliphatic hydroxyl groups is 3. The molecule has 1 unspecified atom stereocenters. The molecular formula is C9H20O3. The summed E-state index contributed by atoms with van der Waals surface area (Å²) in [7, 11) is 0. The van der Waals surface area contributed by atoms with Crippen LogP contribution in [0.3, 0.4) is 0 Å². The summed E-state index contributed by atoms with van der Waals surface area (Å²) < 4.78 is 0. The standard InChI is InChI=1S/C9H20O3/c1-7(10)3-5-9(12)6-4-8(2)11/h7-12H,3-6H2,1-2H3/t7-,8+,9?. The maximum absolute atomic E-state index is 9.32. The first-order chi connectivity index (χ1) is 5.52. The van der Waals surface area contributed by atoms with Gasteiger partial charge in [0.25, 0.3) is 0 Å². The molecular weight excluding hydrogens is 156 g/mol. The molecule has 0 saturated heterocycles. The van der Waals surface area contributed by atoms with Gasteiger partial charge in [-0.2, -0.15) is 0 Å². The highest BCUT2D eigenvalue weighted by atomic mass is 16.3. The molecule has 0 rings (SSSR count). The third-order valence-electron chi connectivity index (χ3n) is 1.84. The molecule has 0 aliphatic carbocycles. The molecule has 0 aromatic carbocycles. The Morgan fingerprint density at radius 3 is 1.33 bits per heavy atom. The molecule has 3 heteroatoms. The van der Waals surface area contributed by atoms with Gasteiger partial charge in [-0.3, -0.25) is 0 Å². The van der Waals surface area contributed by atoms with E-state index in [1.54, 1.807) is 13.8 Å². The minimum atomic E-state index is -0.380. The predicted octanol–water partition coefficient (Wildman–Crippen LogP) is 0.669. The van der Waals surface area contributed by atoms with Gasteiger partial charge in [0.1, 0.15) is 0 Å². The Bertz CT molecular complexity index is 89.9. The number of hydrogen-bond acceptors (Lipinski definition) is 3. The van der Waals surface area contributed by atoms with Crippen molar-refractivity contribution in [1.29, 1.82) is 0 Å². The zero-order valence-corrected chi connectivity index (χ0v) is 7.90. The second kappa shape index (κ2) is 6.40. The van der Waals surface area contributed by atoms with E-state index in [9.17, 15) is 5.11 Å². The van der Waals surface area contributed by atoms with E-state index in [-0.39, 0.29) is 18.3 Å². The molecule has 3 N–H and O–H groups in total. The Labute approximate surface area is 74.0 Å². The summed E-state index contributed by atoms with van der Waals surface area (Å²) in [5, 5.41) is 27.2. The summed E-state index contributed by atoms with van der Waals surface area (Å²) in [5.41, 5.74) is 0. The van der Waals surface area contributed by atoms with Crippen LogP contribution in [-0.2, 0) is 0 Å². The molecule has 0 radical (unpaired) electrons. The summed E-state index contributed by atoms with van der Waals surface area (Å²) in [6.45, 7) is 3.42. The Hall–Kier alpha value is -0.120. The van der Waals surface area contributed by atoms with Gasteiger partial charge < -0.3 is 15.3 Å². The highest BCUT2D eigenvalue weighted by Gasteiger charge is 2.07. The van der Waals surface area contributed by atoms with Crippen LogP contribution in [0.5, 0.6) is 0 Å². The molecule has 0 heterocycles. The van der Waals surface area contributed by atoms with E-state index >= 15 is 0 Å². The molecule has 0 fully saturated rings. The van der Waals surface area contributed by atoms with Crippen molar-refractivity contribution < 1.29 is 15.3 Å². The van der Waals surface area contributed by atoms with Crippen molar-refractivity contribution in [2.75, 3.05) is 0 Å². The van der Waals surface area contributed by atoms with E-state index in [4.69, 9.17) is 10.2 Å². The van der Waals surface area contributed by atoms with Crippen molar-refractivity contribution in [3.05, 3.63) is 0 Å². The third kappa shape index (κ3) is 7.98. The second-order valence-electron chi connectivity index (χ2n) is 3.51. The van der Waals surface area contributed by atoms with Gasteiger partial charge in [-0.25, -0.2) is 0 Å². The van der Waals surface area contributed by atoms with Gasteiger partial charge in [-0.1, -0.05) is 0 Å². The quantitative estimate of drug-likeness (QED) is 0.557. The largest absolute Gasteiger partial charge is 0.393 e. The van der Waals surface area contributed by atoms with Gasteiger partial charge in [-0.05, 0) is 39.5 Å². The lowest BCUT2D eigenvalue weighted by Gasteiger charge is -2.12. The SMILES string of the molecule is C[C@H](O)CCC(O)CC[C@@H](C)O. The second-order valence-corrected chi connectivity index (χ2v) is 3.51. The minimum absolute atomic E-state index is 0.341. The Kier molecular flexibility index (Phi) is 6.34. The van der Waals surface area contributed by atoms with Crippen molar-refractivity contribution in [2.24, 2.45) is 0 Å². The van der Waals surface area contributed by atoms with E-state index in [1.807, 2.05) is 0 Å². The fraction of sp³-hybridized carbons (Fsp3) is 1.00. The van der Waals surface area contributed by atoms with E-state index in [0.717, 1.165) is 0 Å². The van der Waals surface area contributed by atoms with Crippen molar-refractivity contribution in [3.63, 3.8) is 0 Å². The number of rotatable bonds is 6. The maximum atomic E-state index is 9.32. The maximum Gasteiger partial charge on any atom is 0.0542 e. The van der Waals surface area contributed by atoms with Gasteiger partial charge >= 0.3 is 0 Å². The molecule has 74 valence electrons. The van der Waals surface area contributed by atoms with Crippen LogP contribution >= 0.6 is 0 Å². The fourth-order valence-corrected chi connectivity index (χ4v) is 1.01. The smallest absolute Gasteiger partial charge is 0.0542 e. The molecule has 0 aromatic heterocycles. The van der Waals surface area contributed by atoms with Crippen LogP contribution in [-0.4, -0.2) is 33.6 Å². The van der Waals surface area contributed by atoms with Gasteiger partial charge in [-0.15, -0.1) is 0 Å².